The average molecular weight is 533 g/mol. The molecule has 0 saturated carbocycles. The van der Waals surface area contributed by atoms with Crippen LogP contribution in [-0.2, 0) is 14.8 Å². The predicted molar refractivity (Wildman–Crippen MR) is 129 cm³/mol. The highest BCUT2D eigenvalue weighted by Crippen LogP contribution is 2.34. The molecule has 0 saturated heterocycles. The lowest BCUT2D eigenvalue weighted by molar-refractivity contribution is 0.0915. The highest BCUT2D eigenvalue weighted by molar-refractivity contribution is 7.89. The fourth-order valence-electron chi connectivity index (χ4n) is 3.45. The Labute approximate surface area is 211 Å². The fourth-order valence-corrected chi connectivity index (χ4v) is 4.59. The van der Waals surface area contributed by atoms with E-state index in [0.29, 0.717) is 17.0 Å². The van der Waals surface area contributed by atoms with Crippen LogP contribution in [0.4, 0.5) is 10.6 Å². The Kier molecular flexibility index (Phi) is 7.61. The predicted octanol–water partition coefficient (Wildman–Crippen LogP) is 2.54. The summed E-state index contributed by atoms with van der Waals surface area (Å²) in [6, 6.07) is 10.1. The molecule has 1 aromatic heterocycles. The molecule has 0 radical (unpaired) electrons. The van der Waals surface area contributed by atoms with Crippen LogP contribution in [0.1, 0.15) is 17.3 Å². The van der Waals surface area contributed by atoms with Gasteiger partial charge in [0.15, 0.2) is 5.82 Å². The quantitative estimate of drug-likeness (QED) is 0.392. The zero-order valence-electron chi connectivity index (χ0n) is 19.8. The van der Waals surface area contributed by atoms with Gasteiger partial charge in [-0.1, -0.05) is 0 Å². The summed E-state index contributed by atoms with van der Waals surface area (Å²) >= 11 is 0. The van der Waals surface area contributed by atoms with Crippen LogP contribution in [0.3, 0.4) is 0 Å². The van der Waals surface area contributed by atoms with Crippen molar-refractivity contribution < 1.29 is 42.1 Å². The maximum Gasteiger partial charge on any atom is 0.432 e. The standard InChI is InChI=1S/C23H24N4O9S/c1-14(13-33-2)35-17-9-15(22(28)25-21-5-7-27(26-21)23(29)30)10-18(11-17)36-16-3-4-20-19(12-16)34-8-6-24-37(20,31)32/h3-5,7,9-12,14,24H,6,8,13H2,1-2H3,(H,29,30)(H,25,26,28)/t14-/m0/s1. The Balaban J connectivity index is 1.63. The number of methoxy groups -OCH3 is 1. The Bertz CT molecular complexity index is 1420. The molecule has 3 aromatic rings. The first-order valence-electron chi connectivity index (χ1n) is 11.0. The molecule has 2 heterocycles. The number of ether oxygens (including phenoxy) is 4. The third-order valence-electron chi connectivity index (χ3n) is 5.00. The number of nitrogens with zero attached hydrogens (tertiary/aromatic N) is 2. The lowest BCUT2D eigenvalue weighted by Crippen LogP contribution is -2.24. The van der Waals surface area contributed by atoms with E-state index in [2.05, 4.69) is 15.1 Å². The maximum atomic E-state index is 12.9. The van der Waals surface area contributed by atoms with E-state index in [1.165, 1.54) is 49.7 Å². The van der Waals surface area contributed by atoms with Gasteiger partial charge < -0.3 is 29.4 Å². The van der Waals surface area contributed by atoms with Crippen molar-refractivity contribution >= 4 is 27.8 Å². The molecule has 1 aliphatic rings. The third-order valence-corrected chi connectivity index (χ3v) is 6.50. The van der Waals surface area contributed by atoms with Crippen molar-refractivity contribution in [3.8, 4) is 23.0 Å². The Morgan fingerprint density at radius 2 is 1.97 bits per heavy atom. The van der Waals surface area contributed by atoms with Crippen molar-refractivity contribution in [3.05, 3.63) is 54.2 Å². The first-order valence-corrected chi connectivity index (χ1v) is 12.5. The number of aromatic nitrogens is 2. The third kappa shape index (κ3) is 6.35. The smallest absolute Gasteiger partial charge is 0.432 e. The highest BCUT2D eigenvalue weighted by atomic mass is 32.2. The second kappa shape index (κ2) is 10.9. The molecule has 3 N–H and O–H groups in total. The van der Waals surface area contributed by atoms with Gasteiger partial charge in [-0.25, -0.2) is 17.9 Å². The summed E-state index contributed by atoms with van der Waals surface area (Å²) in [5.74, 6) is 0.374. The van der Waals surface area contributed by atoms with E-state index < -0.39 is 22.0 Å². The number of sulfonamides is 1. The van der Waals surface area contributed by atoms with Gasteiger partial charge in [0.25, 0.3) is 5.91 Å². The number of hydrogen-bond acceptors (Lipinski definition) is 9. The van der Waals surface area contributed by atoms with Gasteiger partial charge in [0.2, 0.25) is 10.0 Å². The molecule has 0 unspecified atom stereocenters. The van der Waals surface area contributed by atoms with Crippen LogP contribution in [0.2, 0.25) is 0 Å². The number of carbonyl (C=O) groups is 2. The summed E-state index contributed by atoms with van der Waals surface area (Å²) in [7, 11) is -2.17. The van der Waals surface area contributed by atoms with Crippen molar-refractivity contribution in [1.29, 1.82) is 0 Å². The van der Waals surface area contributed by atoms with E-state index in [1.54, 1.807) is 13.0 Å². The summed E-state index contributed by atoms with van der Waals surface area (Å²) in [5.41, 5.74) is 0.139. The van der Waals surface area contributed by atoms with Gasteiger partial charge in [0.05, 0.1) is 6.61 Å². The van der Waals surface area contributed by atoms with Crippen molar-refractivity contribution in [2.24, 2.45) is 0 Å². The second-order valence-corrected chi connectivity index (χ2v) is 9.65. The summed E-state index contributed by atoms with van der Waals surface area (Å²) in [4.78, 5) is 23.9. The minimum atomic E-state index is -3.70. The van der Waals surface area contributed by atoms with Crippen LogP contribution >= 0.6 is 0 Å². The van der Waals surface area contributed by atoms with Gasteiger partial charge in [-0.05, 0) is 31.2 Å². The minimum Gasteiger partial charge on any atom is -0.491 e. The van der Waals surface area contributed by atoms with Crippen molar-refractivity contribution in [1.82, 2.24) is 14.5 Å². The monoisotopic (exact) mass is 532 g/mol. The molecule has 4 rings (SSSR count). The van der Waals surface area contributed by atoms with Gasteiger partial charge in [0.1, 0.15) is 40.6 Å². The number of carbonyl (C=O) groups excluding carboxylic acids is 1. The van der Waals surface area contributed by atoms with Crippen LogP contribution in [0, 0.1) is 0 Å². The van der Waals surface area contributed by atoms with E-state index in [9.17, 15) is 18.0 Å². The molecule has 1 atom stereocenters. The first-order chi connectivity index (χ1) is 17.6. The minimum absolute atomic E-state index is 0.0105. The van der Waals surface area contributed by atoms with Crippen LogP contribution in [-0.4, -0.2) is 68.3 Å². The Morgan fingerprint density at radius 1 is 1.19 bits per heavy atom. The van der Waals surface area contributed by atoms with E-state index >= 15 is 0 Å². The molecule has 1 aliphatic heterocycles. The van der Waals surface area contributed by atoms with Crippen LogP contribution in [0.5, 0.6) is 23.0 Å². The van der Waals surface area contributed by atoms with E-state index in [4.69, 9.17) is 24.1 Å². The van der Waals surface area contributed by atoms with Crippen molar-refractivity contribution in [2.45, 2.75) is 17.9 Å². The number of fused-ring (bicyclic) bond motifs is 1. The molecule has 13 nitrogen and oxygen atoms in total. The van der Waals surface area contributed by atoms with Crippen LogP contribution in [0.15, 0.2) is 53.6 Å². The van der Waals surface area contributed by atoms with Gasteiger partial charge >= 0.3 is 6.09 Å². The summed E-state index contributed by atoms with van der Waals surface area (Å²) in [5, 5.41) is 15.3. The number of hydrogen-bond donors (Lipinski definition) is 3. The van der Waals surface area contributed by atoms with Crippen LogP contribution < -0.4 is 24.2 Å². The van der Waals surface area contributed by atoms with E-state index in [0.717, 1.165) is 0 Å². The number of carboxylic acid groups (broad SMARTS) is 1. The number of nitrogens with one attached hydrogen (secondary N) is 2. The average Bonchev–Trinajstić information content (AvgIpc) is 3.25. The molecule has 0 aliphatic carbocycles. The first kappa shape index (κ1) is 25.9. The van der Waals surface area contributed by atoms with Crippen molar-refractivity contribution in [2.75, 3.05) is 32.2 Å². The van der Waals surface area contributed by atoms with Gasteiger partial charge in [-0.3, -0.25) is 4.79 Å². The summed E-state index contributed by atoms with van der Waals surface area (Å²) in [6.07, 6.45) is -0.456. The Morgan fingerprint density at radius 3 is 2.70 bits per heavy atom. The molecule has 37 heavy (non-hydrogen) atoms. The lowest BCUT2D eigenvalue weighted by Gasteiger charge is -2.16. The molecule has 0 bridgehead atoms. The lowest BCUT2D eigenvalue weighted by atomic mass is 10.2. The SMILES string of the molecule is COC[C@H](C)Oc1cc(Oc2ccc3c(c2)OCCNS3(=O)=O)cc(C(=O)Nc2ccn(C(=O)O)n2)c1. The topological polar surface area (TPSA) is 167 Å². The number of amides is 1. The van der Waals surface area contributed by atoms with Gasteiger partial charge in [0, 0.05) is 43.6 Å². The van der Waals surface area contributed by atoms with Gasteiger partial charge in [-0.2, -0.15) is 4.68 Å². The van der Waals surface area contributed by atoms with E-state index in [-0.39, 0.29) is 52.8 Å². The molecular formula is C23H24N4O9S. The molecular weight excluding hydrogens is 508 g/mol. The summed E-state index contributed by atoms with van der Waals surface area (Å²) in [6.45, 7) is 2.37. The highest BCUT2D eigenvalue weighted by Gasteiger charge is 2.23. The molecule has 2 aromatic carbocycles. The zero-order chi connectivity index (χ0) is 26.6. The number of benzene rings is 2. The number of anilines is 1. The van der Waals surface area contributed by atoms with E-state index in [1.807, 2.05) is 0 Å². The largest absolute Gasteiger partial charge is 0.491 e. The van der Waals surface area contributed by atoms with Gasteiger partial charge in [-0.15, -0.1) is 5.10 Å². The second-order valence-electron chi connectivity index (χ2n) is 7.92. The molecule has 1 amide bonds. The molecule has 196 valence electrons. The normalized spacial score (nSPS) is 15.0. The molecule has 14 heteroatoms. The molecule has 0 spiro atoms. The Hall–Kier alpha value is -4.14. The molecule has 0 fully saturated rings. The number of rotatable bonds is 8. The zero-order valence-corrected chi connectivity index (χ0v) is 20.6. The fraction of sp³-hybridized carbons (Fsp3) is 0.261. The maximum absolute atomic E-state index is 12.9. The summed E-state index contributed by atoms with van der Waals surface area (Å²) < 4.78 is 50.2. The van der Waals surface area contributed by atoms with Crippen LogP contribution in [0.25, 0.3) is 0 Å². The van der Waals surface area contributed by atoms with Crippen molar-refractivity contribution in [3.63, 3.8) is 0 Å².